The molecule has 6 nitrogen and oxygen atoms in total. The largest absolute Gasteiger partial charge is 0.381 e. The highest BCUT2D eigenvalue weighted by molar-refractivity contribution is 5.45. The van der Waals surface area contributed by atoms with Gasteiger partial charge in [-0.05, 0) is 30.9 Å². The molecule has 6 heteroatoms. The van der Waals surface area contributed by atoms with Crippen LogP contribution in [-0.2, 0) is 9.47 Å². The highest BCUT2D eigenvalue weighted by Crippen LogP contribution is 2.42. The van der Waals surface area contributed by atoms with Crippen molar-refractivity contribution in [1.29, 1.82) is 0 Å². The minimum Gasteiger partial charge on any atom is -0.381 e. The molecule has 0 radical (unpaired) electrons. The van der Waals surface area contributed by atoms with Crippen LogP contribution >= 0.6 is 0 Å². The van der Waals surface area contributed by atoms with Gasteiger partial charge in [0.05, 0.1) is 19.3 Å². The van der Waals surface area contributed by atoms with Gasteiger partial charge in [0.1, 0.15) is 5.82 Å². The molecule has 3 aliphatic heterocycles. The molecule has 1 aromatic heterocycles. The summed E-state index contributed by atoms with van der Waals surface area (Å²) in [6, 6.07) is 13.6. The molecule has 28 heavy (non-hydrogen) atoms. The van der Waals surface area contributed by atoms with Gasteiger partial charge in [-0.25, -0.2) is 4.98 Å². The Morgan fingerprint density at radius 1 is 1.00 bits per heavy atom. The van der Waals surface area contributed by atoms with Gasteiger partial charge in [-0.1, -0.05) is 30.3 Å². The Labute approximate surface area is 166 Å². The molecule has 0 amide bonds. The SMILES string of the molecule is c1ccc([C@@H]2CN(c3nccc(N[C@@H]4CCCOC4)n3)[C@H]3CCOC[C@@H]23)cc1. The van der Waals surface area contributed by atoms with Gasteiger partial charge in [0.2, 0.25) is 5.95 Å². The summed E-state index contributed by atoms with van der Waals surface area (Å²) in [7, 11) is 0. The molecule has 0 spiro atoms. The molecule has 3 aliphatic rings. The van der Waals surface area contributed by atoms with Crippen LogP contribution in [0.3, 0.4) is 0 Å². The molecular weight excluding hydrogens is 352 g/mol. The quantitative estimate of drug-likeness (QED) is 0.880. The number of rotatable bonds is 4. The molecule has 0 unspecified atom stereocenters. The minimum absolute atomic E-state index is 0.336. The van der Waals surface area contributed by atoms with E-state index in [-0.39, 0.29) is 0 Å². The van der Waals surface area contributed by atoms with Crippen molar-refractivity contribution >= 4 is 11.8 Å². The fourth-order valence-electron chi connectivity index (χ4n) is 4.92. The van der Waals surface area contributed by atoms with Crippen molar-refractivity contribution in [3.63, 3.8) is 0 Å². The lowest BCUT2D eigenvalue weighted by atomic mass is 9.84. The van der Waals surface area contributed by atoms with Crippen LogP contribution in [0.4, 0.5) is 11.8 Å². The van der Waals surface area contributed by atoms with Crippen molar-refractivity contribution in [2.45, 2.75) is 37.3 Å². The standard InChI is InChI=1S/C22H28N4O2/c1-2-5-16(6-3-1)18-13-26(20-9-12-28-15-19(18)20)22-23-10-8-21(25-22)24-17-7-4-11-27-14-17/h1-3,5-6,8,10,17-20H,4,7,9,11-15H2,(H,23,24,25)/t17-,18+,19+,20+/m1/s1. The molecule has 2 aromatic rings. The van der Waals surface area contributed by atoms with E-state index < -0.39 is 0 Å². The van der Waals surface area contributed by atoms with Crippen LogP contribution in [0.5, 0.6) is 0 Å². The van der Waals surface area contributed by atoms with Crippen molar-refractivity contribution in [2.24, 2.45) is 5.92 Å². The van der Waals surface area contributed by atoms with E-state index in [2.05, 4.69) is 45.5 Å². The van der Waals surface area contributed by atoms with E-state index >= 15 is 0 Å². The van der Waals surface area contributed by atoms with E-state index in [1.807, 2.05) is 12.3 Å². The van der Waals surface area contributed by atoms with Gasteiger partial charge in [0.15, 0.2) is 0 Å². The first-order valence-corrected chi connectivity index (χ1v) is 10.4. The number of nitrogens with zero attached hydrogens (tertiary/aromatic N) is 3. The minimum atomic E-state index is 0.336. The molecule has 0 aliphatic carbocycles. The highest BCUT2D eigenvalue weighted by Gasteiger charge is 2.45. The van der Waals surface area contributed by atoms with Crippen LogP contribution in [0.25, 0.3) is 0 Å². The van der Waals surface area contributed by atoms with Gasteiger partial charge in [-0.15, -0.1) is 0 Å². The average Bonchev–Trinajstić information content (AvgIpc) is 3.15. The third-order valence-corrected chi connectivity index (χ3v) is 6.31. The summed E-state index contributed by atoms with van der Waals surface area (Å²) in [5.74, 6) is 2.67. The molecule has 148 valence electrons. The van der Waals surface area contributed by atoms with Gasteiger partial charge in [-0.2, -0.15) is 4.98 Å². The summed E-state index contributed by atoms with van der Waals surface area (Å²) in [5.41, 5.74) is 1.39. The highest BCUT2D eigenvalue weighted by atomic mass is 16.5. The predicted octanol–water partition coefficient (Wildman–Crippen LogP) is 3.08. The van der Waals surface area contributed by atoms with Crippen molar-refractivity contribution in [3.8, 4) is 0 Å². The molecule has 1 aromatic carbocycles. The summed E-state index contributed by atoms with van der Waals surface area (Å²) >= 11 is 0. The monoisotopic (exact) mass is 380 g/mol. The van der Waals surface area contributed by atoms with Crippen LogP contribution in [0.2, 0.25) is 0 Å². The number of anilines is 2. The van der Waals surface area contributed by atoms with Crippen molar-refractivity contribution in [1.82, 2.24) is 9.97 Å². The maximum atomic E-state index is 5.85. The first-order valence-electron chi connectivity index (χ1n) is 10.4. The molecule has 3 saturated heterocycles. The zero-order valence-corrected chi connectivity index (χ0v) is 16.2. The van der Waals surface area contributed by atoms with Gasteiger partial charge in [0.25, 0.3) is 0 Å². The zero-order chi connectivity index (χ0) is 18.8. The molecule has 3 fully saturated rings. The summed E-state index contributed by atoms with van der Waals surface area (Å²) in [6.07, 6.45) is 5.13. The Balaban J connectivity index is 1.38. The lowest BCUT2D eigenvalue weighted by Gasteiger charge is -2.32. The maximum Gasteiger partial charge on any atom is 0.227 e. The van der Waals surface area contributed by atoms with Crippen molar-refractivity contribution in [3.05, 3.63) is 48.2 Å². The fourth-order valence-corrected chi connectivity index (χ4v) is 4.92. The van der Waals surface area contributed by atoms with Gasteiger partial charge in [0, 0.05) is 43.8 Å². The summed E-state index contributed by atoms with van der Waals surface area (Å²) < 4.78 is 11.4. The first-order chi connectivity index (χ1) is 13.9. The third kappa shape index (κ3) is 3.59. The van der Waals surface area contributed by atoms with Crippen molar-refractivity contribution in [2.75, 3.05) is 43.2 Å². The Morgan fingerprint density at radius 2 is 1.89 bits per heavy atom. The van der Waals surface area contributed by atoms with E-state index in [4.69, 9.17) is 14.5 Å². The van der Waals surface area contributed by atoms with E-state index in [1.54, 1.807) is 0 Å². The number of hydrogen-bond acceptors (Lipinski definition) is 6. The first kappa shape index (κ1) is 17.9. The van der Waals surface area contributed by atoms with E-state index in [1.165, 1.54) is 5.56 Å². The molecule has 1 N–H and O–H groups in total. The van der Waals surface area contributed by atoms with Gasteiger partial charge < -0.3 is 19.7 Å². The van der Waals surface area contributed by atoms with E-state index in [0.717, 1.165) is 64.0 Å². The number of aromatic nitrogens is 2. The Bertz CT molecular complexity index is 781. The predicted molar refractivity (Wildman–Crippen MR) is 109 cm³/mol. The van der Waals surface area contributed by atoms with Crippen LogP contribution in [0.1, 0.15) is 30.7 Å². The molecule has 4 atom stereocenters. The smallest absolute Gasteiger partial charge is 0.227 e. The lowest BCUT2D eigenvalue weighted by molar-refractivity contribution is 0.0460. The Hall–Kier alpha value is -2.18. The second-order valence-electron chi connectivity index (χ2n) is 8.06. The van der Waals surface area contributed by atoms with Crippen LogP contribution < -0.4 is 10.2 Å². The topological polar surface area (TPSA) is 59.5 Å². The number of benzene rings is 1. The number of ether oxygens (including phenoxy) is 2. The summed E-state index contributed by atoms with van der Waals surface area (Å²) in [5, 5.41) is 3.53. The van der Waals surface area contributed by atoms with Gasteiger partial charge >= 0.3 is 0 Å². The molecule has 0 bridgehead atoms. The van der Waals surface area contributed by atoms with Gasteiger partial charge in [-0.3, -0.25) is 0 Å². The van der Waals surface area contributed by atoms with Crippen LogP contribution in [-0.4, -0.2) is 55.0 Å². The fraction of sp³-hybridized carbons (Fsp3) is 0.545. The lowest BCUT2D eigenvalue weighted by Crippen LogP contribution is -2.39. The third-order valence-electron chi connectivity index (χ3n) is 6.31. The van der Waals surface area contributed by atoms with Crippen molar-refractivity contribution < 1.29 is 9.47 Å². The molecular formula is C22H28N4O2. The molecule has 5 rings (SSSR count). The summed E-state index contributed by atoms with van der Waals surface area (Å²) in [6.45, 7) is 4.20. The number of nitrogens with one attached hydrogen (secondary N) is 1. The second kappa shape index (κ2) is 8.05. The second-order valence-corrected chi connectivity index (χ2v) is 8.06. The Kier molecular flexibility index (Phi) is 5.14. The maximum absolute atomic E-state index is 5.85. The summed E-state index contributed by atoms with van der Waals surface area (Å²) in [4.78, 5) is 11.9. The van der Waals surface area contributed by atoms with Crippen LogP contribution in [0, 0.1) is 5.92 Å². The van der Waals surface area contributed by atoms with E-state index in [0.29, 0.717) is 23.9 Å². The molecule has 4 heterocycles. The zero-order valence-electron chi connectivity index (χ0n) is 16.2. The average molecular weight is 380 g/mol. The number of hydrogen-bond donors (Lipinski definition) is 1. The molecule has 0 saturated carbocycles. The van der Waals surface area contributed by atoms with Crippen LogP contribution in [0.15, 0.2) is 42.6 Å². The van der Waals surface area contributed by atoms with E-state index in [9.17, 15) is 0 Å². The number of fused-ring (bicyclic) bond motifs is 1. The normalized spacial score (nSPS) is 30.1. The Morgan fingerprint density at radius 3 is 2.75 bits per heavy atom.